The number of nitrogens with one attached hydrogen (secondary N) is 1. The molecule has 2 unspecified atom stereocenters. The lowest BCUT2D eigenvalue weighted by Crippen LogP contribution is -2.38. The fourth-order valence-electron chi connectivity index (χ4n) is 3.34. The summed E-state index contributed by atoms with van der Waals surface area (Å²) in [4.78, 5) is 29.7. The molecule has 7 nitrogen and oxygen atoms in total. The second-order valence-corrected chi connectivity index (χ2v) is 7.33. The first kappa shape index (κ1) is 16.3. The van der Waals surface area contributed by atoms with Gasteiger partial charge in [-0.15, -0.1) is 5.10 Å². The van der Waals surface area contributed by atoms with Crippen LogP contribution in [0.4, 0.5) is 14.7 Å². The van der Waals surface area contributed by atoms with E-state index < -0.39 is 17.7 Å². The van der Waals surface area contributed by atoms with Gasteiger partial charge in [-0.3, -0.25) is 14.9 Å². The Labute approximate surface area is 153 Å². The van der Waals surface area contributed by atoms with Gasteiger partial charge < -0.3 is 4.90 Å². The van der Waals surface area contributed by atoms with E-state index in [1.165, 1.54) is 4.90 Å². The Bertz CT molecular complexity index is 999. The molecule has 1 aliphatic heterocycles. The predicted octanol–water partition coefficient (Wildman–Crippen LogP) is 1.75. The molecule has 2 atom stereocenters. The van der Waals surface area contributed by atoms with E-state index in [4.69, 9.17) is 0 Å². The molecule has 27 heavy (non-hydrogen) atoms. The van der Waals surface area contributed by atoms with Crippen LogP contribution in [-0.4, -0.2) is 56.2 Å². The van der Waals surface area contributed by atoms with E-state index in [2.05, 4.69) is 15.4 Å². The average molecular weight is 373 g/mol. The Morgan fingerprint density at radius 2 is 2.07 bits per heavy atom. The van der Waals surface area contributed by atoms with Crippen LogP contribution in [0.3, 0.4) is 0 Å². The molecule has 2 amide bonds. The third kappa shape index (κ3) is 2.68. The molecule has 3 heterocycles. The summed E-state index contributed by atoms with van der Waals surface area (Å²) in [5.74, 6) is -0.609. The average Bonchev–Trinajstić information content (AvgIpc) is 3.48. The third-order valence-electron chi connectivity index (χ3n) is 5.25. The molecule has 3 aliphatic rings. The number of anilines is 1. The van der Waals surface area contributed by atoms with Crippen molar-refractivity contribution in [1.29, 1.82) is 0 Å². The van der Waals surface area contributed by atoms with Crippen molar-refractivity contribution in [2.45, 2.75) is 31.1 Å². The van der Waals surface area contributed by atoms with Crippen LogP contribution in [0.25, 0.3) is 11.2 Å². The molecule has 2 aliphatic carbocycles. The fraction of sp³-hybridized carbons (Fsp3) is 0.444. The quantitative estimate of drug-likeness (QED) is 0.886. The van der Waals surface area contributed by atoms with Gasteiger partial charge in [0.25, 0.3) is 5.91 Å². The van der Waals surface area contributed by atoms with Crippen molar-refractivity contribution in [3.63, 3.8) is 0 Å². The monoisotopic (exact) mass is 373 g/mol. The van der Waals surface area contributed by atoms with E-state index in [-0.39, 0.29) is 37.3 Å². The van der Waals surface area contributed by atoms with Crippen LogP contribution in [0.15, 0.2) is 24.3 Å². The Hall–Kier alpha value is -2.84. The van der Waals surface area contributed by atoms with Gasteiger partial charge in [-0.25, -0.2) is 13.3 Å². The van der Waals surface area contributed by atoms with Crippen molar-refractivity contribution in [3.05, 3.63) is 30.0 Å². The molecule has 0 bridgehead atoms. The summed E-state index contributed by atoms with van der Waals surface area (Å²) in [7, 11) is 0. The summed E-state index contributed by atoms with van der Waals surface area (Å²) in [6, 6.07) is 5.37. The minimum absolute atomic E-state index is 0.0444. The summed E-state index contributed by atoms with van der Waals surface area (Å²) in [5, 5.41) is 7.06. The maximum Gasteiger partial charge on any atom is 0.264 e. The van der Waals surface area contributed by atoms with Gasteiger partial charge in [0, 0.05) is 25.4 Å². The first-order chi connectivity index (χ1) is 13.0. The summed E-state index contributed by atoms with van der Waals surface area (Å²) < 4.78 is 28.8. The molecule has 140 valence electrons. The lowest BCUT2D eigenvalue weighted by atomic mass is 10.2. The van der Waals surface area contributed by atoms with E-state index in [9.17, 15) is 18.4 Å². The number of carbonyl (C=O) groups is 2. The standard InChI is InChI=1S/C18H17F2N5O2/c19-13-8-18(13,20)16(27)24-7-6-11(9-24)12-2-1-3-14-21-17(23-25(12)14)22-15(26)10-4-5-10/h1-3,6,10,13H,4-5,7-9H2,(H,22,23,26). The largest absolute Gasteiger partial charge is 0.332 e. The van der Waals surface area contributed by atoms with Gasteiger partial charge in [0.05, 0.1) is 5.69 Å². The number of halogens is 2. The molecule has 2 saturated carbocycles. The Morgan fingerprint density at radius 3 is 2.78 bits per heavy atom. The smallest absolute Gasteiger partial charge is 0.264 e. The molecule has 2 aromatic heterocycles. The number of fused-ring (bicyclic) bond motifs is 1. The maximum absolute atomic E-state index is 14.1. The van der Waals surface area contributed by atoms with Gasteiger partial charge >= 0.3 is 0 Å². The Morgan fingerprint density at radius 1 is 1.30 bits per heavy atom. The number of pyridine rings is 1. The van der Waals surface area contributed by atoms with Crippen molar-refractivity contribution < 1.29 is 18.4 Å². The first-order valence-corrected chi connectivity index (χ1v) is 8.94. The first-order valence-electron chi connectivity index (χ1n) is 8.94. The Kier molecular flexibility index (Phi) is 3.38. The molecule has 2 fully saturated rings. The van der Waals surface area contributed by atoms with Crippen LogP contribution in [0.1, 0.15) is 25.0 Å². The predicted molar refractivity (Wildman–Crippen MR) is 92.2 cm³/mol. The van der Waals surface area contributed by atoms with Gasteiger partial charge in [0.2, 0.25) is 17.5 Å². The zero-order valence-corrected chi connectivity index (χ0v) is 14.4. The molecular weight excluding hydrogens is 356 g/mol. The van der Waals surface area contributed by atoms with Gasteiger partial charge in [0.1, 0.15) is 6.17 Å². The minimum atomic E-state index is -2.36. The maximum atomic E-state index is 14.1. The zero-order valence-electron chi connectivity index (χ0n) is 14.4. The van der Waals surface area contributed by atoms with Gasteiger partial charge in [0.15, 0.2) is 5.65 Å². The highest BCUT2D eigenvalue weighted by Gasteiger charge is 2.64. The van der Waals surface area contributed by atoms with E-state index in [0.29, 0.717) is 11.3 Å². The molecule has 0 aromatic carbocycles. The van der Waals surface area contributed by atoms with Crippen molar-refractivity contribution in [2.24, 2.45) is 5.92 Å². The number of hydrogen-bond acceptors (Lipinski definition) is 4. The number of hydrogen-bond donors (Lipinski definition) is 1. The molecule has 0 radical (unpaired) electrons. The van der Waals surface area contributed by atoms with Crippen LogP contribution in [-0.2, 0) is 9.59 Å². The van der Waals surface area contributed by atoms with Crippen LogP contribution in [0, 0.1) is 5.92 Å². The number of carbonyl (C=O) groups excluding carboxylic acids is 2. The third-order valence-corrected chi connectivity index (χ3v) is 5.25. The summed E-state index contributed by atoms with van der Waals surface area (Å²) in [6.45, 7) is 0.406. The van der Waals surface area contributed by atoms with E-state index in [1.807, 2.05) is 6.07 Å². The van der Waals surface area contributed by atoms with Gasteiger partial charge in [-0.2, -0.15) is 4.98 Å². The topological polar surface area (TPSA) is 79.6 Å². The minimum Gasteiger partial charge on any atom is -0.332 e. The normalized spacial score (nSPS) is 27.0. The second kappa shape index (κ2) is 5.58. The summed E-state index contributed by atoms with van der Waals surface area (Å²) in [6.07, 6.45) is 1.51. The molecule has 0 spiro atoms. The van der Waals surface area contributed by atoms with Crippen molar-refractivity contribution >= 4 is 29.0 Å². The number of rotatable bonds is 4. The van der Waals surface area contributed by atoms with Crippen LogP contribution < -0.4 is 5.32 Å². The molecule has 5 rings (SSSR count). The summed E-state index contributed by atoms with van der Waals surface area (Å²) in [5.41, 5.74) is -0.332. The lowest BCUT2D eigenvalue weighted by molar-refractivity contribution is -0.137. The van der Waals surface area contributed by atoms with E-state index in [1.54, 1.807) is 22.7 Å². The number of alkyl halides is 2. The van der Waals surface area contributed by atoms with Gasteiger partial charge in [-0.05, 0) is 30.5 Å². The Balaban J connectivity index is 1.38. The van der Waals surface area contributed by atoms with E-state index >= 15 is 0 Å². The molecular formula is C18H17F2N5O2. The van der Waals surface area contributed by atoms with Crippen molar-refractivity contribution in [3.8, 4) is 0 Å². The zero-order chi connectivity index (χ0) is 18.8. The molecule has 0 saturated heterocycles. The molecule has 1 N–H and O–H groups in total. The summed E-state index contributed by atoms with van der Waals surface area (Å²) >= 11 is 0. The van der Waals surface area contributed by atoms with Crippen LogP contribution in [0.2, 0.25) is 0 Å². The van der Waals surface area contributed by atoms with Crippen molar-refractivity contribution in [2.75, 3.05) is 18.4 Å². The lowest BCUT2D eigenvalue weighted by Gasteiger charge is -2.18. The van der Waals surface area contributed by atoms with Crippen LogP contribution in [0.5, 0.6) is 0 Å². The van der Waals surface area contributed by atoms with Gasteiger partial charge in [-0.1, -0.05) is 12.1 Å². The second-order valence-electron chi connectivity index (χ2n) is 7.33. The molecule has 2 aromatic rings. The van der Waals surface area contributed by atoms with Crippen LogP contribution >= 0.6 is 0 Å². The number of amides is 2. The highest BCUT2D eigenvalue weighted by Crippen LogP contribution is 2.45. The fourth-order valence-corrected chi connectivity index (χ4v) is 3.34. The van der Waals surface area contributed by atoms with E-state index in [0.717, 1.165) is 18.4 Å². The number of aromatic nitrogens is 3. The molecule has 9 heteroatoms. The SMILES string of the molecule is O=C(Nc1nc2cccc(C3=CCN(C(=O)C4(F)CC4F)C3)n2n1)C1CC1. The number of nitrogens with zero attached hydrogens (tertiary/aromatic N) is 4. The highest BCUT2D eigenvalue weighted by atomic mass is 19.2. The highest BCUT2D eigenvalue weighted by molar-refractivity contribution is 5.93. The van der Waals surface area contributed by atoms with Crippen molar-refractivity contribution in [1.82, 2.24) is 19.5 Å².